The molecule has 20 heavy (non-hydrogen) atoms. The van der Waals surface area contributed by atoms with Crippen LogP contribution in [0.15, 0.2) is 17.2 Å². The number of rotatable bonds is 4. The number of amides is 1. The van der Waals surface area contributed by atoms with Gasteiger partial charge in [-0.05, 0) is 38.9 Å². The fourth-order valence-corrected chi connectivity index (χ4v) is 3.15. The van der Waals surface area contributed by atoms with E-state index in [1.54, 1.807) is 4.57 Å². The molecular weight excluding hydrogens is 302 g/mol. The highest BCUT2D eigenvalue weighted by Gasteiger charge is 2.24. The molecule has 1 aromatic heterocycles. The van der Waals surface area contributed by atoms with Gasteiger partial charge in [0, 0.05) is 29.5 Å². The zero-order valence-corrected chi connectivity index (χ0v) is 12.8. The Morgan fingerprint density at radius 1 is 1.50 bits per heavy atom. The van der Waals surface area contributed by atoms with Gasteiger partial charge in [0.05, 0.1) is 0 Å². The van der Waals surface area contributed by atoms with Gasteiger partial charge in [-0.1, -0.05) is 0 Å². The maximum Gasteiger partial charge on any atom is 0.267 e. The van der Waals surface area contributed by atoms with Crippen molar-refractivity contribution in [3.8, 4) is 0 Å². The van der Waals surface area contributed by atoms with Crippen LogP contribution in [0, 0.1) is 0 Å². The summed E-state index contributed by atoms with van der Waals surface area (Å²) in [5.41, 5.74) is 0.345. The highest BCUT2D eigenvalue weighted by atomic mass is 35.7. The topological polar surface area (TPSA) is 80.2 Å². The van der Waals surface area contributed by atoms with Crippen LogP contribution in [0.5, 0.6) is 0 Å². The van der Waals surface area contributed by atoms with Crippen molar-refractivity contribution in [2.45, 2.75) is 30.7 Å². The first-order valence-electron chi connectivity index (χ1n) is 6.59. The second-order valence-corrected chi connectivity index (χ2v) is 7.31. The largest absolute Gasteiger partial charge is 0.351 e. The molecule has 0 spiro atoms. The van der Waals surface area contributed by atoms with Crippen LogP contribution in [0.1, 0.15) is 36.3 Å². The van der Waals surface area contributed by atoms with Crippen LogP contribution in [0.4, 0.5) is 0 Å². The standard InChI is InChI=1S/C12H18ClN3O3S/c1-2-15-12(17)11-7-10(20(13,18)19)8-16(11)9-3-5-14-6-4-9/h7-9,14H,2-6H2,1H3,(H,15,17). The molecule has 1 aromatic rings. The van der Waals surface area contributed by atoms with Gasteiger partial charge in [0.25, 0.3) is 15.0 Å². The number of carbonyl (C=O) groups excluding carboxylic acids is 1. The summed E-state index contributed by atoms with van der Waals surface area (Å²) < 4.78 is 24.7. The number of nitrogens with zero attached hydrogens (tertiary/aromatic N) is 1. The van der Waals surface area contributed by atoms with Crippen LogP contribution < -0.4 is 10.6 Å². The van der Waals surface area contributed by atoms with Crippen molar-refractivity contribution in [2.24, 2.45) is 0 Å². The SMILES string of the molecule is CCNC(=O)c1cc(S(=O)(=O)Cl)cn1C1CCNCC1. The molecule has 8 heteroatoms. The molecule has 1 amide bonds. The van der Waals surface area contributed by atoms with Gasteiger partial charge in [-0.3, -0.25) is 4.79 Å². The summed E-state index contributed by atoms with van der Waals surface area (Å²) in [5, 5.41) is 5.93. The normalized spacial score (nSPS) is 17.1. The van der Waals surface area contributed by atoms with E-state index in [2.05, 4.69) is 10.6 Å². The van der Waals surface area contributed by atoms with Crippen molar-refractivity contribution >= 4 is 25.6 Å². The molecule has 6 nitrogen and oxygen atoms in total. The van der Waals surface area contributed by atoms with E-state index >= 15 is 0 Å². The van der Waals surface area contributed by atoms with Crippen LogP contribution in [0.2, 0.25) is 0 Å². The number of nitrogens with one attached hydrogen (secondary N) is 2. The van der Waals surface area contributed by atoms with Crippen molar-refractivity contribution in [3.05, 3.63) is 18.0 Å². The molecule has 0 bridgehead atoms. The van der Waals surface area contributed by atoms with Gasteiger partial charge in [-0.2, -0.15) is 0 Å². The molecule has 2 rings (SSSR count). The fraction of sp³-hybridized carbons (Fsp3) is 0.583. The number of aromatic nitrogens is 1. The molecule has 1 aliphatic rings. The quantitative estimate of drug-likeness (QED) is 0.814. The Morgan fingerprint density at radius 2 is 2.15 bits per heavy atom. The lowest BCUT2D eigenvalue weighted by atomic mass is 10.1. The van der Waals surface area contributed by atoms with Crippen molar-refractivity contribution in [2.75, 3.05) is 19.6 Å². The lowest BCUT2D eigenvalue weighted by Crippen LogP contribution is -2.32. The minimum Gasteiger partial charge on any atom is -0.351 e. The number of hydrogen-bond donors (Lipinski definition) is 2. The van der Waals surface area contributed by atoms with E-state index in [-0.39, 0.29) is 16.8 Å². The maximum absolute atomic E-state index is 12.1. The molecule has 0 aromatic carbocycles. The van der Waals surface area contributed by atoms with Gasteiger partial charge in [0.1, 0.15) is 10.6 Å². The van der Waals surface area contributed by atoms with Crippen LogP contribution >= 0.6 is 10.7 Å². The minimum absolute atomic E-state index is 0.0287. The number of halogens is 1. The van der Waals surface area contributed by atoms with E-state index in [4.69, 9.17) is 10.7 Å². The predicted molar refractivity (Wildman–Crippen MR) is 76.6 cm³/mol. The molecular formula is C12H18ClN3O3S. The lowest BCUT2D eigenvalue weighted by Gasteiger charge is -2.25. The predicted octanol–water partition coefficient (Wildman–Crippen LogP) is 1.09. The summed E-state index contributed by atoms with van der Waals surface area (Å²) >= 11 is 0. The third kappa shape index (κ3) is 3.34. The van der Waals surface area contributed by atoms with Crippen molar-refractivity contribution < 1.29 is 13.2 Å². The van der Waals surface area contributed by atoms with Crippen LogP contribution in [0.3, 0.4) is 0 Å². The van der Waals surface area contributed by atoms with Crippen LogP contribution in [-0.2, 0) is 9.05 Å². The second-order valence-electron chi connectivity index (χ2n) is 4.75. The van der Waals surface area contributed by atoms with E-state index in [0.29, 0.717) is 12.2 Å². The van der Waals surface area contributed by atoms with E-state index in [9.17, 15) is 13.2 Å². The zero-order chi connectivity index (χ0) is 14.8. The van der Waals surface area contributed by atoms with Crippen LogP contribution in [-0.4, -0.2) is 38.5 Å². The van der Waals surface area contributed by atoms with Crippen LogP contribution in [0.25, 0.3) is 0 Å². The van der Waals surface area contributed by atoms with E-state index in [0.717, 1.165) is 25.9 Å². The lowest BCUT2D eigenvalue weighted by molar-refractivity contribution is 0.0943. The van der Waals surface area contributed by atoms with Gasteiger partial charge in [-0.25, -0.2) is 8.42 Å². The molecule has 1 aliphatic heterocycles. The molecule has 112 valence electrons. The molecule has 0 unspecified atom stereocenters. The third-order valence-corrected chi connectivity index (χ3v) is 4.70. The first kappa shape index (κ1) is 15.3. The second kappa shape index (κ2) is 6.15. The Kier molecular flexibility index (Phi) is 4.72. The summed E-state index contributed by atoms with van der Waals surface area (Å²) in [6.07, 6.45) is 3.16. The zero-order valence-electron chi connectivity index (χ0n) is 11.2. The summed E-state index contributed by atoms with van der Waals surface area (Å²) in [5.74, 6) is -0.280. The Bertz CT molecular complexity index is 591. The number of piperidine rings is 1. The summed E-state index contributed by atoms with van der Waals surface area (Å²) in [6, 6.07) is 1.45. The fourth-order valence-electron chi connectivity index (χ4n) is 2.41. The third-order valence-electron chi connectivity index (χ3n) is 3.38. The van der Waals surface area contributed by atoms with Crippen molar-refractivity contribution in [3.63, 3.8) is 0 Å². The Hall–Kier alpha value is -1.05. The highest BCUT2D eigenvalue weighted by molar-refractivity contribution is 8.13. The smallest absolute Gasteiger partial charge is 0.267 e. The Morgan fingerprint density at radius 3 is 2.70 bits per heavy atom. The van der Waals surface area contributed by atoms with Gasteiger partial charge in [-0.15, -0.1) is 0 Å². The summed E-state index contributed by atoms with van der Waals surface area (Å²) in [4.78, 5) is 12.0. The molecule has 0 radical (unpaired) electrons. The molecule has 1 fully saturated rings. The van der Waals surface area contributed by atoms with E-state index in [1.165, 1.54) is 12.3 Å². The monoisotopic (exact) mass is 319 g/mol. The van der Waals surface area contributed by atoms with Gasteiger partial charge in [0.2, 0.25) is 0 Å². The molecule has 2 N–H and O–H groups in total. The van der Waals surface area contributed by atoms with Gasteiger partial charge < -0.3 is 15.2 Å². The minimum atomic E-state index is -3.84. The average Bonchev–Trinajstić information content (AvgIpc) is 2.85. The average molecular weight is 320 g/mol. The first-order chi connectivity index (χ1) is 9.43. The first-order valence-corrected chi connectivity index (χ1v) is 8.90. The van der Waals surface area contributed by atoms with Crippen molar-refractivity contribution in [1.82, 2.24) is 15.2 Å². The van der Waals surface area contributed by atoms with Gasteiger partial charge in [0.15, 0.2) is 0 Å². The Labute approximate surface area is 122 Å². The molecule has 2 heterocycles. The highest BCUT2D eigenvalue weighted by Crippen LogP contribution is 2.26. The summed E-state index contributed by atoms with van der Waals surface area (Å²) in [6.45, 7) is 4.00. The molecule has 0 saturated carbocycles. The maximum atomic E-state index is 12.1. The number of hydrogen-bond acceptors (Lipinski definition) is 4. The molecule has 0 atom stereocenters. The molecule has 1 saturated heterocycles. The van der Waals surface area contributed by atoms with E-state index in [1.807, 2.05) is 6.92 Å². The summed E-state index contributed by atoms with van der Waals surface area (Å²) in [7, 11) is 1.54. The molecule has 0 aliphatic carbocycles. The van der Waals surface area contributed by atoms with E-state index < -0.39 is 9.05 Å². The van der Waals surface area contributed by atoms with Crippen molar-refractivity contribution in [1.29, 1.82) is 0 Å². The number of carbonyl (C=O) groups is 1. The van der Waals surface area contributed by atoms with Gasteiger partial charge >= 0.3 is 0 Å². The Balaban J connectivity index is 2.41.